The Bertz CT molecular complexity index is 416. The number of nitrogens with zero attached hydrogens (tertiary/aromatic N) is 1. The van der Waals surface area contributed by atoms with Crippen LogP contribution in [-0.4, -0.2) is 43.4 Å². The van der Waals surface area contributed by atoms with Gasteiger partial charge in [-0.05, 0) is 24.3 Å². The van der Waals surface area contributed by atoms with E-state index < -0.39 is 6.10 Å². The monoisotopic (exact) mass is 280 g/mol. The van der Waals surface area contributed by atoms with Gasteiger partial charge in [0.1, 0.15) is 18.5 Å². The van der Waals surface area contributed by atoms with Crippen molar-refractivity contribution in [3.63, 3.8) is 0 Å². The van der Waals surface area contributed by atoms with Crippen molar-refractivity contribution >= 4 is 11.6 Å². The number of rotatable bonds is 7. The van der Waals surface area contributed by atoms with E-state index in [1.165, 1.54) is 0 Å². The Hall–Kier alpha value is -1.59. The average Bonchev–Trinajstić information content (AvgIpc) is 2.44. The Labute approximate surface area is 120 Å². The lowest BCUT2D eigenvalue weighted by Gasteiger charge is -2.15. The molecule has 5 heteroatoms. The third-order valence-electron chi connectivity index (χ3n) is 2.62. The molecule has 0 aliphatic carbocycles. The minimum Gasteiger partial charge on any atom is -0.491 e. The fourth-order valence-electron chi connectivity index (χ4n) is 1.47. The van der Waals surface area contributed by atoms with Gasteiger partial charge in [0.2, 0.25) is 0 Å². The van der Waals surface area contributed by atoms with Crippen molar-refractivity contribution in [2.75, 3.05) is 20.3 Å². The second-order valence-corrected chi connectivity index (χ2v) is 4.86. The van der Waals surface area contributed by atoms with E-state index in [0.717, 1.165) is 5.69 Å². The van der Waals surface area contributed by atoms with Crippen LogP contribution in [0.15, 0.2) is 29.3 Å². The summed E-state index contributed by atoms with van der Waals surface area (Å²) in [6.07, 6.45) is -0.522. The van der Waals surface area contributed by atoms with E-state index >= 15 is 0 Å². The van der Waals surface area contributed by atoms with Gasteiger partial charge in [-0.15, -0.1) is 0 Å². The maximum Gasteiger partial charge on any atom is 0.184 e. The summed E-state index contributed by atoms with van der Waals surface area (Å²) in [5, 5.41) is 12.9. The number of aliphatic imine (C=N–C) groups is 1. The number of methoxy groups -OCH3 is 1. The molecule has 1 atom stereocenters. The van der Waals surface area contributed by atoms with E-state index in [0.29, 0.717) is 24.2 Å². The minimum absolute atomic E-state index is 0.263. The van der Waals surface area contributed by atoms with E-state index in [2.05, 4.69) is 10.3 Å². The van der Waals surface area contributed by atoms with Gasteiger partial charge in [0.05, 0.1) is 12.8 Å². The molecule has 1 rings (SSSR count). The molecule has 112 valence electrons. The van der Waals surface area contributed by atoms with Gasteiger partial charge in [-0.25, -0.2) is 4.99 Å². The number of aliphatic hydroxyl groups excluding tert-OH is 1. The van der Waals surface area contributed by atoms with Crippen molar-refractivity contribution in [2.24, 2.45) is 4.99 Å². The molecule has 0 aliphatic heterocycles. The number of ether oxygens (including phenoxy) is 2. The summed E-state index contributed by atoms with van der Waals surface area (Å²) in [6, 6.07) is 7.69. The van der Waals surface area contributed by atoms with Crippen LogP contribution in [-0.2, 0) is 4.74 Å². The molecule has 0 saturated heterocycles. The fraction of sp³-hybridized carbons (Fsp3) is 0.533. The van der Waals surface area contributed by atoms with Crippen LogP contribution in [0.3, 0.4) is 0 Å². The quantitative estimate of drug-likeness (QED) is 0.593. The Morgan fingerprint density at radius 1 is 1.30 bits per heavy atom. The first-order valence-electron chi connectivity index (χ1n) is 6.75. The first-order valence-corrected chi connectivity index (χ1v) is 6.75. The van der Waals surface area contributed by atoms with Gasteiger partial charge in [0, 0.05) is 19.5 Å². The van der Waals surface area contributed by atoms with E-state index in [4.69, 9.17) is 9.47 Å². The zero-order valence-corrected chi connectivity index (χ0v) is 12.6. The predicted molar refractivity (Wildman–Crippen MR) is 80.9 cm³/mol. The molecule has 0 heterocycles. The Balaban J connectivity index is 2.42. The van der Waals surface area contributed by atoms with Gasteiger partial charge < -0.3 is 19.9 Å². The predicted octanol–water partition coefficient (Wildman–Crippen LogP) is 2.12. The highest BCUT2D eigenvalue weighted by Crippen LogP contribution is 2.18. The number of hydrogen-bond donors (Lipinski definition) is 2. The zero-order chi connectivity index (χ0) is 15.0. The van der Waals surface area contributed by atoms with Gasteiger partial charge in [0.15, 0.2) is 5.90 Å². The van der Waals surface area contributed by atoms with Crippen molar-refractivity contribution in [1.29, 1.82) is 0 Å². The molecule has 0 amide bonds. The normalized spacial score (nSPS) is 13.4. The summed E-state index contributed by atoms with van der Waals surface area (Å²) < 4.78 is 10.5. The van der Waals surface area contributed by atoms with Crippen LogP contribution in [0.4, 0.5) is 5.69 Å². The molecule has 0 aromatic heterocycles. The zero-order valence-electron chi connectivity index (χ0n) is 12.6. The largest absolute Gasteiger partial charge is 0.491 e. The van der Waals surface area contributed by atoms with E-state index in [9.17, 15) is 5.11 Å². The molecular weight excluding hydrogens is 256 g/mol. The van der Waals surface area contributed by atoms with Crippen LogP contribution in [0.25, 0.3) is 0 Å². The molecule has 5 nitrogen and oxygen atoms in total. The van der Waals surface area contributed by atoms with Crippen molar-refractivity contribution < 1.29 is 14.6 Å². The van der Waals surface area contributed by atoms with Crippen LogP contribution >= 0.6 is 0 Å². The Morgan fingerprint density at radius 3 is 2.50 bits per heavy atom. The molecule has 0 bridgehead atoms. The highest BCUT2D eigenvalue weighted by Gasteiger charge is 2.05. The molecule has 1 aromatic rings. The van der Waals surface area contributed by atoms with Crippen LogP contribution in [0.1, 0.15) is 20.8 Å². The molecular formula is C15H24N2O3. The fourth-order valence-corrected chi connectivity index (χ4v) is 1.47. The highest BCUT2D eigenvalue weighted by atomic mass is 16.5. The van der Waals surface area contributed by atoms with Crippen LogP contribution in [0, 0.1) is 0 Å². The maximum atomic E-state index is 9.74. The molecule has 0 aliphatic rings. The topological polar surface area (TPSA) is 63.1 Å². The number of benzene rings is 1. The second kappa shape index (κ2) is 8.55. The van der Waals surface area contributed by atoms with Gasteiger partial charge >= 0.3 is 0 Å². The highest BCUT2D eigenvalue weighted by molar-refractivity contribution is 5.76. The molecule has 2 N–H and O–H groups in total. The summed E-state index contributed by atoms with van der Waals surface area (Å²) in [4.78, 5) is 4.24. The summed E-state index contributed by atoms with van der Waals surface area (Å²) in [7, 11) is 1.59. The minimum atomic E-state index is -0.522. The second-order valence-electron chi connectivity index (χ2n) is 4.86. The van der Waals surface area contributed by atoms with E-state index in [1.54, 1.807) is 14.0 Å². The van der Waals surface area contributed by atoms with Crippen LogP contribution in [0.2, 0.25) is 0 Å². The third-order valence-corrected chi connectivity index (χ3v) is 2.62. The average molecular weight is 280 g/mol. The summed E-state index contributed by atoms with van der Waals surface area (Å²) >= 11 is 0. The first kappa shape index (κ1) is 16.5. The lowest BCUT2D eigenvalue weighted by Crippen LogP contribution is -2.35. The Kier molecular flexibility index (Phi) is 7.04. The molecule has 1 aromatic carbocycles. The van der Waals surface area contributed by atoms with Crippen LogP contribution in [0.5, 0.6) is 5.75 Å². The number of aliphatic hydroxyl groups is 1. The van der Waals surface area contributed by atoms with Crippen molar-refractivity contribution in [1.82, 2.24) is 5.32 Å². The molecule has 0 fully saturated rings. The number of nitrogens with one attached hydrogen (secondary N) is 1. The summed E-state index contributed by atoms with van der Waals surface area (Å²) in [5.74, 6) is 1.32. The van der Waals surface area contributed by atoms with Crippen molar-refractivity contribution in [3.05, 3.63) is 24.3 Å². The van der Waals surface area contributed by atoms with Crippen molar-refractivity contribution in [2.45, 2.75) is 32.9 Å². The SMILES string of the molecule is CO/C(C)=N\c1ccc(OCC(O)CNC(C)C)cc1. The summed E-state index contributed by atoms with van der Waals surface area (Å²) in [5.41, 5.74) is 0.804. The van der Waals surface area contributed by atoms with Gasteiger partial charge in [-0.2, -0.15) is 0 Å². The Morgan fingerprint density at radius 2 is 1.95 bits per heavy atom. The van der Waals surface area contributed by atoms with Crippen LogP contribution < -0.4 is 10.1 Å². The number of hydrogen-bond acceptors (Lipinski definition) is 5. The molecule has 0 radical (unpaired) electrons. The standard InChI is InChI=1S/C15H24N2O3/c1-11(2)16-9-14(18)10-20-15-7-5-13(6-8-15)17-12(3)19-4/h5-8,11,14,16,18H,9-10H2,1-4H3/b17-12-. The smallest absolute Gasteiger partial charge is 0.184 e. The molecule has 0 spiro atoms. The van der Waals surface area contributed by atoms with E-state index in [1.807, 2.05) is 38.1 Å². The lowest BCUT2D eigenvalue weighted by molar-refractivity contribution is 0.104. The summed E-state index contributed by atoms with van der Waals surface area (Å²) in [6.45, 7) is 6.65. The maximum absolute atomic E-state index is 9.74. The molecule has 0 saturated carbocycles. The van der Waals surface area contributed by atoms with Crippen molar-refractivity contribution in [3.8, 4) is 5.75 Å². The lowest BCUT2D eigenvalue weighted by atomic mass is 10.3. The first-order chi connectivity index (χ1) is 9.51. The van der Waals surface area contributed by atoms with Gasteiger partial charge in [-0.3, -0.25) is 0 Å². The molecule has 20 heavy (non-hydrogen) atoms. The van der Waals surface area contributed by atoms with E-state index in [-0.39, 0.29) is 6.61 Å². The molecule has 1 unspecified atom stereocenters. The van der Waals surface area contributed by atoms with Gasteiger partial charge in [0.25, 0.3) is 0 Å². The third kappa shape index (κ3) is 6.54. The van der Waals surface area contributed by atoms with Gasteiger partial charge in [-0.1, -0.05) is 13.8 Å².